The van der Waals surface area contributed by atoms with Gasteiger partial charge >= 0.3 is 0 Å². The van der Waals surface area contributed by atoms with E-state index in [1.165, 1.54) is 183 Å². The van der Waals surface area contributed by atoms with E-state index in [1.54, 1.807) is 0 Å². The Morgan fingerprint density at radius 2 is 0.652 bits per heavy atom. The molecule has 0 saturated heterocycles. The molecule has 0 N–H and O–H groups in total. The first kappa shape index (κ1) is 34.6. The summed E-state index contributed by atoms with van der Waals surface area (Å²) in [5.41, 5.74) is 8.36. The molecule has 3 aromatic carbocycles. The highest BCUT2D eigenvalue weighted by atomic mass is 15.0. The van der Waals surface area contributed by atoms with Gasteiger partial charge < -0.3 is 9.13 Å². The van der Waals surface area contributed by atoms with Gasteiger partial charge in [-0.05, 0) is 63.1 Å². The van der Waals surface area contributed by atoms with Gasteiger partial charge in [-0.3, -0.25) is 0 Å². The largest absolute Gasteiger partial charge is 0.340 e. The van der Waals surface area contributed by atoms with E-state index in [0.717, 1.165) is 13.1 Å². The number of aryl methyl sites for hydroxylation is 4. The molecule has 5 rings (SSSR count). The molecule has 2 heteroatoms. The number of hydrogen-bond donors (Lipinski definition) is 0. The zero-order chi connectivity index (χ0) is 32.1. The van der Waals surface area contributed by atoms with Crippen LogP contribution in [0, 0.1) is 13.8 Å². The summed E-state index contributed by atoms with van der Waals surface area (Å²) in [5.74, 6) is 0. The quantitative estimate of drug-likeness (QED) is 0.0681. The lowest BCUT2D eigenvalue weighted by Crippen LogP contribution is -1.99. The molecule has 0 aliphatic rings. The minimum atomic E-state index is 1.11. The van der Waals surface area contributed by atoms with E-state index >= 15 is 0 Å². The fourth-order valence-electron chi connectivity index (χ4n) is 7.91. The highest BCUT2D eigenvalue weighted by Crippen LogP contribution is 2.38. The highest BCUT2D eigenvalue weighted by molar-refractivity contribution is 6.18. The monoisotopic (exact) mass is 621 g/mol. The average molecular weight is 621 g/mol. The van der Waals surface area contributed by atoms with Crippen LogP contribution in [0.15, 0.2) is 48.5 Å². The molecule has 46 heavy (non-hydrogen) atoms. The van der Waals surface area contributed by atoms with E-state index in [1.807, 2.05) is 0 Å². The molecular weight excluding hydrogens is 556 g/mol. The Labute approximate surface area is 280 Å². The van der Waals surface area contributed by atoms with Crippen molar-refractivity contribution in [3.63, 3.8) is 0 Å². The van der Waals surface area contributed by atoms with Gasteiger partial charge in [0, 0.05) is 56.7 Å². The second-order valence-electron chi connectivity index (χ2n) is 14.6. The van der Waals surface area contributed by atoms with E-state index in [2.05, 4.69) is 85.4 Å². The molecule has 0 unspecified atom stereocenters. The molecule has 0 fully saturated rings. The summed E-state index contributed by atoms with van der Waals surface area (Å²) < 4.78 is 5.30. The van der Waals surface area contributed by atoms with Gasteiger partial charge in [0.25, 0.3) is 0 Å². The van der Waals surface area contributed by atoms with E-state index in [0.29, 0.717) is 0 Å². The molecule has 0 aliphatic heterocycles. The Balaban J connectivity index is 1.32. The molecule has 250 valence electrons. The van der Waals surface area contributed by atoms with Gasteiger partial charge in [-0.1, -0.05) is 153 Å². The van der Waals surface area contributed by atoms with E-state index in [-0.39, 0.29) is 0 Å². The highest BCUT2D eigenvalue weighted by Gasteiger charge is 2.17. The van der Waals surface area contributed by atoms with Gasteiger partial charge in [-0.2, -0.15) is 0 Å². The van der Waals surface area contributed by atoms with Gasteiger partial charge in [-0.15, -0.1) is 0 Å². The Morgan fingerprint density at radius 1 is 0.348 bits per heavy atom. The van der Waals surface area contributed by atoms with Gasteiger partial charge in [0.1, 0.15) is 0 Å². The lowest BCUT2D eigenvalue weighted by molar-refractivity contribution is 0.541. The predicted molar refractivity (Wildman–Crippen MR) is 206 cm³/mol. The predicted octanol–water partition coefficient (Wildman–Crippen LogP) is 14.4. The van der Waals surface area contributed by atoms with Crippen LogP contribution in [0.4, 0.5) is 0 Å². The van der Waals surface area contributed by atoms with Crippen molar-refractivity contribution in [1.82, 2.24) is 9.13 Å². The molecule has 0 radical (unpaired) electrons. The molecule has 2 nitrogen and oxygen atoms in total. The van der Waals surface area contributed by atoms with Crippen molar-refractivity contribution in [2.75, 3.05) is 0 Å². The maximum Gasteiger partial charge on any atom is 0.0499 e. The first-order chi connectivity index (χ1) is 22.6. The lowest BCUT2D eigenvalue weighted by Gasteiger charge is -2.09. The average Bonchev–Trinajstić information content (AvgIpc) is 3.52. The molecule has 0 amide bonds. The van der Waals surface area contributed by atoms with Gasteiger partial charge in [0.05, 0.1) is 0 Å². The summed E-state index contributed by atoms with van der Waals surface area (Å²) in [5, 5.41) is 5.72. The topological polar surface area (TPSA) is 9.86 Å². The van der Waals surface area contributed by atoms with Crippen LogP contribution >= 0.6 is 0 Å². The first-order valence-corrected chi connectivity index (χ1v) is 19.6. The Kier molecular flexibility index (Phi) is 13.5. The van der Waals surface area contributed by atoms with Crippen molar-refractivity contribution in [2.45, 2.75) is 169 Å². The minimum absolute atomic E-state index is 1.11. The van der Waals surface area contributed by atoms with Crippen LogP contribution in [0.3, 0.4) is 0 Å². The van der Waals surface area contributed by atoms with Crippen LogP contribution in [-0.4, -0.2) is 9.13 Å². The Hall–Kier alpha value is -2.74. The van der Waals surface area contributed by atoms with Crippen LogP contribution in [0.1, 0.15) is 153 Å². The number of unbranched alkanes of at least 4 members (excludes halogenated alkanes) is 18. The first-order valence-electron chi connectivity index (χ1n) is 19.6. The Morgan fingerprint density at radius 3 is 1.00 bits per heavy atom. The van der Waals surface area contributed by atoms with Crippen molar-refractivity contribution < 1.29 is 0 Å². The summed E-state index contributed by atoms with van der Waals surface area (Å²) in [7, 11) is 0. The van der Waals surface area contributed by atoms with Gasteiger partial charge in [0.15, 0.2) is 0 Å². The van der Waals surface area contributed by atoms with Crippen LogP contribution in [-0.2, 0) is 13.1 Å². The smallest absolute Gasteiger partial charge is 0.0499 e. The summed E-state index contributed by atoms with van der Waals surface area (Å²) >= 11 is 0. The van der Waals surface area contributed by atoms with Crippen molar-refractivity contribution in [2.24, 2.45) is 0 Å². The van der Waals surface area contributed by atoms with E-state index in [4.69, 9.17) is 0 Å². The summed E-state index contributed by atoms with van der Waals surface area (Å²) in [6.07, 6.45) is 27.6. The fraction of sp³-hybridized carbons (Fsp3) is 0.591. The normalized spacial score (nSPS) is 12.1. The molecule has 0 saturated carbocycles. The zero-order valence-electron chi connectivity index (χ0n) is 30.1. The number of fused-ring (bicyclic) bond motifs is 6. The third-order valence-electron chi connectivity index (χ3n) is 10.6. The molecule has 0 bridgehead atoms. The van der Waals surface area contributed by atoms with Crippen molar-refractivity contribution in [3.05, 3.63) is 59.7 Å². The van der Waals surface area contributed by atoms with Crippen molar-refractivity contribution in [3.8, 4) is 0 Å². The number of benzene rings is 3. The molecule has 2 aromatic heterocycles. The third-order valence-corrected chi connectivity index (χ3v) is 10.6. The SMILES string of the molecule is CCCCCCCCCCCCn1c2ccc(C)cc2c2cc3c(cc21)c1cc(C)ccc1n3CCCCCCCCCCCC. The molecular formula is C44H64N2. The zero-order valence-corrected chi connectivity index (χ0v) is 30.1. The third kappa shape index (κ3) is 8.78. The van der Waals surface area contributed by atoms with Crippen molar-refractivity contribution in [1.29, 1.82) is 0 Å². The van der Waals surface area contributed by atoms with Gasteiger partial charge in [-0.25, -0.2) is 0 Å². The lowest BCUT2D eigenvalue weighted by atomic mass is 10.1. The molecule has 2 heterocycles. The standard InChI is InChI=1S/C44H64N2/c1-5-7-9-11-13-15-17-19-21-23-29-45-41-27-25-35(3)31-37(41)39-34-44-40(33-43(39)45)38-32-36(4)26-28-42(38)46(44)30-24-22-20-18-16-14-12-10-8-6-2/h25-28,31-34H,5-24,29-30H2,1-4H3. The van der Waals surface area contributed by atoms with Crippen LogP contribution in [0.5, 0.6) is 0 Å². The molecule has 0 aliphatic carbocycles. The summed E-state index contributed by atoms with van der Waals surface area (Å²) in [6, 6.07) is 19.3. The molecule has 5 aromatic rings. The summed E-state index contributed by atoms with van der Waals surface area (Å²) in [6.45, 7) is 11.3. The Bertz CT molecular complexity index is 1520. The van der Waals surface area contributed by atoms with E-state index in [9.17, 15) is 0 Å². The van der Waals surface area contributed by atoms with Crippen LogP contribution < -0.4 is 0 Å². The second-order valence-corrected chi connectivity index (χ2v) is 14.6. The fourth-order valence-corrected chi connectivity index (χ4v) is 7.91. The minimum Gasteiger partial charge on any atom is -0.340 e. The second kappa shape index (κ2) is 18.0. The van der Waals surface area contributed by atoms with E-state index < -0.39 is 0 Å². The number of aromatic nitrogens is 2. The van der Waals surface area contributed by atoms with Gasteiger partial charge in [0.2, 0.25) is 0 Å². The number of rotatable bonds is 22. The van der Waals surface area contributed by atoms with Crippen LogP contribution in [0.2, 0.25) is 0 Å². The maximum atomic E-state index is 2.65. The van der Waals surface area contributed by atoms with Crippen molar-refractivity contribution >= 4 is 43.6 Å². The number of nitrogens with zero attached hydrogens (tertiary/aromatic N) is 2. The molecule has 0 spiro atoms. The maximum absolute atomic E-state index is 2.65. The summed E-state index contributed by atoms with van der Waals surface area (Å²) in [4.78, 5) is 0. The van der Waals surface area contributed by atoms with Crippen LogP contribution in [0.25, 0.3) is 43.6 Å². The number of hydrogen-bond acceptors (Lipinski definition) is 0. The molecule has 0 atom stereocenters.